The smallest absolute Gasteiger partial charge is 0.261 e. The van der Waals surface area contributed by atoms with E-state index < -0.39 is 10.0 Å². The number of hydrogen-bond acceptors (Lipinski definition) is 6. The molecule has 7 nitrogen and oxygen atoms in total. The van der Waals surface area contributed by atoms with Crippen LogP contribution in [0.2, 0.25) is 0 Å². The molecule has 1 aliphatic rings. The third-order valence-corrected chi connectivity index (χ3v) is 7.58. The Bertz CT molecular complexity index is 938. The zero-order valence-electron chi connectivity index (χ0n) is 17.5. The van der Waals surface area contributed by atoms with Crippen molar-refractivity contribution < 1.29 is 17.9 Å². The molecule has 9 heteroatoms. The molecule has 0 aliphatic carbocycles. The molecule has 30 heavy (non-hydrogen) atoms. The lowest BCUT2D eigenvalue weighted by atomic mass is 10.1. The summed E-state index contributed by atoms with van der Waals surface area (Å²) in [6.07, 6.45) is 1.78. The lowest BCUT2D eigenvalue weighted by molar-refractivity contribution is 0.0957. The number of nitrogens with one attached hydrogen (secondary N) is 1. The second-order valence-corrected chi connectivity index (χ2v) is 10.2. The monoisotopic (exact) mass is 451 g/mol. The highest BCUT2D eigenvalue weighted by Gasteiger charge is 2.22. The number of morpholine rings is 1. The van der Waals surface area contributed by atoms with Gasteiger partial charge in [0.1, 0.15) is 0 Å². The van der Waals surface area contributed by atoms with Crippen molar-refractivity contribution in [2.75, 3.05) is 57.1 Å². The van der Waals surface area contributed by atoms with Crippen LogP contribution in [0.15, 0.2) is 36.4 Å². The average molecular weight is 452 g/mol. The number of sulfonamides is 1. The van der Waals surface area contributed by atoms with Crippen LogP contribution in [0.5, 0.6) is 0 Å². The van der Waals surface area contributed by atoms with E-state index in [1.807, 2.05) is 31.2 Å². The number of benzene rings is 1. The number of thiophene rings is 1. The van der Waals surface area contributed by atoms with Crippen molar-refractivity contribution in [3.8, 4) is 11.1 Å². The van der Waals surface area contributed by atoms with Gasteiger partial charge in [0.05, 0.1) is 29.3 Å². The van der Waals surface area contributed by atoms with E-state index in [0.717, 1.165) is 29.2 Å². The third-order valence-electron chi connectivity index (χ3n) is 5.01. The first-order chi connectivity index (χ1) is 14.4. The summed E-state index contributed by atoms with van der Waals surface area (Å²) >= 11 is 1.49. The fourth-order valence-corrected chi connectivity index (χ4v) is 5.50. The number of nitrogens with zero attached hydrogens (tertiary/aromatic N) is 2. The normalized spacial score (nSPS) is 14.8. The van der Waals surface area contributed by atoms with Crippen LogP contribution in [0.3, 0.4) is 0 Å². The van der Waals surface area contributed by atoms with E-state index in [4.69, 9.17) is 4.74 Å². The second-order valence-electron chi connectivity index (χ2n) is 7.16. The molecule has 2 aromatic rings. The summed E-state index contributed by atoms with van der Waals surface area (Å²) in [5.74, 6) is -0.126. The molecular weight excluding hydrogens is 422 g/mol. The topological polar surface area (TPSA) is 79.0 Å². The van der Waals surface area contributed by atoms with Gasteiger partial charge in [0.15, 0.2) is 0 Å². The Labute approximate surface area is 182 Å². The van der Waals surface area contributed by atoms with Crippen LogP contribution in [0.25, 0.3) is 11.1 Å². The quantitative estimate of drug-likeness (QED) is 0.593. The highest BCUT2D eigenvalue weighted by Crippen LogP contribution is 2.39. The molecule has 0 atom stereocenters. The molecule has 1 aliphatic heterocycles. The van der Waals surface area contributed by atoms with Crippen molar-refractivity contribution in [1.82, 2.24) is 9.62 Å². The van der Waals surface area contributed by atoms with Gasteiger partial charge in [-0.25, -0.2) is 12.7 Å². The van der Waals surface area contributed by atoms with Gasteiger partial charge < -0.3 is 15.0 Å². The number of rotatable bonds is 9. The lowest BCUT2D eigenvalue weighted by Gasteiger charge is -2.28. The molecule has 0 saturated carbocycles. The van der Waals surface area contributed by atoms with Gasteiger partial charge in [-0.3, -0.25) is 4.79 Å². The van der Waals surface area contributed by atoms with E-state index in [0.29, 0.717) is 44.1 Å². The summed E-state index contributed by atoms with van der Waals surface area (Å²) < 4.78 is 30.2. The largest absolute Gasteiger partial charge is 0.378 e. The maximum absolute atomic E-state index is 12.8. The minimum atomic E-state index is -3.21. The predicted octanol–water partition coefficient (Wildman–Crippen LogP) is 2.65. The van der Waals surface area contributed by atoms with Gasteiger partial charge >= 0.3 is 0 Å². The molecular formula is C21H29N3O4S2. The average Bonchev–Trinajstić information content (AvgIpc) is 3.19. The first kappa shape index (κ1) is 22.7. The van der Waals surface area contributed by atoms with E-state index in [1.54, 1.807) is 0 Å². The van der Waals surface area contributed by atoms with E-state index in [-0.39, 0.29) is 5.91 Å². The molecule has 1 aromatic carbocycles. The first-order valence-corrected chi connectivity index (χ1v) is 12.8. The maximum Gasteiger partial charge on any atom is 0.261 e. The number of amides is 1. The van der Waals surface area contributed by atoms with Gasteiger partial charge in [-0.05, 0) is 18.1 Å². The standard InChI is InChI=1S/C21H29N3O4S2/c1-3-24(30(2,26)27)11-7-10-22-20(25)19-16-18(17-8-5-4-6-9-17)21(29-19)23-12-14-28-15-13-23/h4-6,8-9,16H,3,7,10-15H2,1-2H3,(H,22,25). The minimum absolute atomic E-state index is 0.126. The molecule has 0 unspecified atom stereocenters. The van der Waals surface area contributed by atoms with Crippen LogP contribution < -0.4 is 10.2 Å². The van der Waals surface area contributed by atoms with Crippen molar-refractivity contribution >= 4 is 32.3 Å². The van der Waals surface area contributed by atoms with Gasteiger partial charge in [0.2, 0.25) is 10.0 Å². The molecule has 1 N–H and O–H groups in total. The van der Waals surface area contributed by atoms with E-state index in [1.165, 1.54) is 21.9 Å². The third kappa shape index (κ3) is 5.81. The second kappa shape index (κ2) is 10.4. The molecule has 2 heterocycles. The fraction of sp³-hybridized carbons (Fsp3) is 0.476. The molecule has 1 amide bonds. The van der Waals surface area contributed by atoms with Crippen LogP contribution in [-0.4, -0.2) is 70.8 Å². The van der Waals surface area contributed by atoms with Crippen LogP contribution in [-0.2, 0) is 14.8 Å². The van der Waals surface area contributed by atoms with Crippen molar-refractivity contribution in [3.63, 3.8) is 0 Å². The maximum atomic E-state index is 12.8. The molecule has 0 radical (unpaired) electrons. The number of ether oxygens (including phenoxy) is 1. The van der Waals surface area contributed by atoms with Crippen LogP contribution in [0.1, 0.15) is 23.0 Å². The molecule has 1 saturated heterocycles. The van der Waals surface area contributed by atoms with Crippen LogP contribution in [0, 0.1) is 0 Å². The highest BCUT2D eigenvalue weighted by molar-refractivity contribution is 7.88. The van der Waals surface area contributed by atoms with Gasteiger partial charge in [0.25, 0.3) is 5.91 Å². The Morgan fingerprint density at radius 3 is 2.57 bits per heavy atom. The Balaban J connectivity index is 1.69. The van der Waals surface area contributed by atoms with Crippen LogP contribution >= 0.6 is 11.3 Å². The van der Waals surface area contributed by atoms with Crippen molar-refractivity contribution in [1.29, 1.82) is 0 Å². The fourth-order valence-electron chi connectivity index (χ4n) is 3.42. The summed E-state index contributed by atoms with van der Waals surface area (Å²) in [7, 11) is -3.21. The summed E-state index contributed by atoms with van der Waals surface area (Å²) in [6, 6.07) is 12.0. The van der Waals surface area contributed by atoms with E-state index in [9.17, 15) is 13.2 Å². The number of carbonyl (C=O) groups is 1. The van der Waals surface area contributed by atoms with Gasteiger partial charge in [-0.1, -0.05) is 37.3 Å². The Kier molecular flexibility index (Phi) is 7.87. The van der Waals surface area contributed by atoms with E-state index >= 15 is 0 Å². The summed E-state index contributed by atoms with van der Waals surface area (Å²) in [5.41, 5.74) is 2.14. The molecule has 1 fully saturated rings. The van der Waals surface area contributed by atoms with Crippen LogP contribution in [0.4, 0.5) is 5.00 Å². The number of anilines is 1. The first-order valence-electron chi connectivity index (χ1n) is 10.2. The summed E-state index contributed by atoms with van der Waals surface area (Å²) in [6.45, 7) is 6.04. The van der Waals surface area contributed by atoms with Gasteiger partial charge in [-0.15, -0.1) is 11.3 Å². The van der Waals surface area contributed by atoms with Crippen molar-refractivity contribution in [2.45, 2.75) is 13.3 Å². The van der Waals surface area contributed by atoms with Gasteiger partial charge in [-0.2, -0.15) is 0 Å². The highest BCUT2D eigenvalue weighted by atomic mass is 32.2. The number of carbonyl (C=O) groups excluding carboxylic acids is 1. The Morgan fingerprint density at radius 2 is 1.93 bits per heavy atom. The van der Waals surface area contributed by atoms with Crippen molar-refractivity contribution in [3.05, 3.63) is 41.3 Å². The minimum Gasteiger partial charge on any atom is -0.378 e. The number of hydrogen-bond donors (Lipinski definition) is 1. The Hall–Kier alpha value is -1.94. The molecule has 1 aromatic heterocycles. The molecule has 0 spiro atoms. The van der Waals surface area contributed by atoms with E-state index in [2.05, 4.69) is 22.3 Å². The SMILES string of the molecule is CCN(CCCNC(=O)c1cc(-c2ccccc2)c(N2CCOCC2)s1)S(C)(=O)=O. The zero-order valence-corrected chi connectivity index (χ0v) is 19.1. The zero-order chi connectivity index (χ0) is 21.6. The summed E-state index contributed by atoms with van der Waals surface area (Å²) in [4.78, 5) is 15.7. The van der Waals surface area contributed by atoms with Gasteiger partial charge in [0, 0.05) is 38.3 Å². The molecule has 3 rings (SSSR count). The lowest BCUT2D eigenvalue weighted by Crippen LogP contribution is -2.35. The predicted molar refractivity (Wildman–Crippen MR) is 122 cm³/mol. The van der Waals surface area contributed by atoms with Crippen molar-refractivity contribution in [2.24, 2.45) is 0 Å². The Morgan fingerprint density at radius 1 is 1.23 bits per heavy atom. The molecule has 0 bridgehead atoms. The summed E-state index contributed by atoms with van der Waals surface area (Å²) in [5, 5.41) is 4.02. The molecule has 164 valence electrons.